The van der Waals surface area contributed by atoms with Crippen molar-refractivity contribution in [2.24, 2.45) is 5.92 Å². The Labute approximate surface area is 93.9 Å². The molecule has 1 heterocycles. The highest BCUT2D eigenvalue weighted by atomic mass is 16.4. The number of aliphatic carboxylic acids is 1. The highest BCUT2D eigenvalue weighted by molar-refractivity contribution is 5.79. The van der Waals surface area contributed by atoms with E-state index in [1.165, 1.54) is 6.20 Å². The normalized spacial score (nSPS) is 20.6. The van der Waals surface area contributed by atoms with Crippen molar-refractivity contribution >= 4 is 5.97 Å². The lowest BCUT2D eigenvalue weighted by Crippen LogP contribution is -2.42. The molecule has 1 saturated carbocycles. The molecule has 4 heteroatoms. The molecule has 2 N–H and O–H groups in total. The van der Waals surface area contributed by atoms with Crippen LogP contribution in [0.5, 0.6) is 0 Å². The summed E-state index contributed by atoms with van der Waals surface area (Å²) in [7, 11) is 0. The third-order valence-electron chi connectivity index (χ3n) is 3.33. The van der Waals surface area contributed by atoms with Crippen LogP contribution in [0.1, 0.15) is 31.4 Å². The summed E-state index contributed by atoms with van der Waals surface area (Å²) in [5.41, 5.74) is -1.58. The Bertz CT molecular complexity index is 373. The molecular formula is C12H15NO3. The van der Waals surface area contributed by atoms with Crippen molar-refractivity contribution < 1.29 is 15.0 Å². The fourth-order valence-corrected chi connectivity index (χ4v) is 2.43. The second-order valence-corrected chi connectivity index (χ2v) is 4.27. The largest absolute Gasteiger partial charge is 0.479 e. The monoisotopic (exact) mass is 221 g/mol. The van der Waals surface area contributed by atoms with Gasteiger partial charge < -0.3 is 10.2 Å². The number of hydrogen-bond donors (Lipinski definition) is 2. The molecule has 1 unspecified atom stereocenters. The lowest BCUT2D eigenvalue weighted by Gasteiger charge is -2.28. The van der Waals surface area contributed by atoms with E-state index in [0.717, 1.165) is 25.7 Å². The van der Waals surface area contributed by atoms with Crippen molar-refractivity contribution in [1.29, 1.82) is 0 Å². The van der Waals surface area contributed by atoms with Gasteiger partial charge in [0.05, 0.1) is 5.69 Å². The molecule has 1 atom stereocenters. The number of aliphatic hydroxyl groups is 1. The lowest BCUT2D eigenvalue weighted by atomic mass is 9.83. The second kappa shape index (κ2) is 4.22. The van der Waals surface area contributed by atoms with E-state index in [1.54, 1.807) is 18.2 Å². The second-order valence-electron chi connectivity index (χ2n) is 4.27. The van der Waals surface area contributed by atoms with E-state index >= 15 is 0 Å². The van der Waals surface area contributed by atoms with Gasteiger partial charge in [-0.05, 0) is 25.0 Å². The van der Waals surface area contributed by atoms with Crippen LogP contribution in [-0.4, -0.2) is 21.2 Å². The smallest absolute Gasteiger partial charge is 0.342 e. The van der Waals surface area contributed by atoms with Crippen molar-refractivity contribution in [3.8, 4) is 0 Å². The molecule has 1 aromatic rings. The van der Waals surface area contributed by atoms with Gasteiger partial charge in [-0.15, -0.1) is 0 Å². The number of hydrogen-bond acceptors (Lipinski definition) is 3. The van der Waals surface area contributed by atoms with Crippen LogP contribution >= 0.6 is 0 Å². The van der Waals surface area contributed by atoms with Crippen molar-refractivity contribution in [2.75, 3.05) is 0 Å². The van der Waals surface area contributed by atoms with Crippen LogP contribution in [0.3, 0.4) is 0 Å². The minimum atomic E-state index is -1.82. The van der Waals surface area contributed by atoms with E-state index in [0.29, 0.717) is 0 Å². The Morgan fingerprint density at radius 3 is 2.56 bits per heavy atom. The van der Waals surface area contributed by atoms with E-state index in [4.69, 9.17) is 0 Å². The molecule has 0 saturated heterocycles. The zero-order valence-electron chi connectivity index (χ0n) is 8.97. The molecule has 0 aromatic carbocycles. The Morgan fingerprint density at radius 1 is 1.38 bits per heavy atom. The molecule has 4 nitrogen and oxygen atoms in total. The SMILES string of the molecule is O=C(O)C(O)(c1ccccn1)C1CCCC1. The van der Waals surface area contributed by atoms with Gasteiger partial charge in [-0.2, -0.15) is 0 Å². The van der Waals surface area contributed by atoms with Gasteiger partial charge in [0.15, 0.2) is 0 Å². The Balaban J connectivity index is 2.39. The van der Waals surface area contributed by atoms with Crippen molar-refractivity contribution in [3.05, 3.63) is 30.1 Å². The number of carbonyl (C=O) groups is 1. The average Bonchev–Trinajstić information content (AvgIpc) is 2.82. The number of pyridine rings is 1. The lowest BCUT2D eigenvalue weighted by molar-refractivity contribution is -0.167. The maximum Gasteiger partial charge on any atom is 0.342 e. The molecule has 1 aromatic heterocycles. The molecule has 0 radical (unpaired) electrons. The number of aromatic nitrogens is 1. The van der Waals surface area contributed by atoms with E-state index in [9.17, 15) is 15.0 Å². The van der Waals surface area contributed by atoms with Gasteiger partial charge in [0.1, 0.15) is 0 Å². The summed E-state index contributed by atoms with van der Waals surface area (Å²) in [5, 5.41) is 19.7. The van der Waals surface area contributed by atoms with E-state index < -0.39 is 11.6 Å². The molecule has 1 aliphatic rings. The van der Waals surface area contributed by atoms with Crippen LogP contribution in [0, 0.1) is 5.92 Å². The fourth-order valence-electron chi connectivity index (χ4n) is 2.43. The van der Waals surface area contributed by atoms with Crippen LogP contribution in [0.4, 0.5) is 0 Å². The van der Waals surface area contributed by atoms with Crippen molar-refractivity contribution in [3.63, 3.8) is 0 Å². The number of carboxylic acids is 1. The zero-order chi connectivity index (χ0) is 11.6. The Kier molecular flexibility index (Phi) is 2.92. The van der Waals surface area contributed by atoms with Gasteiger partial charge >= 0.3 is 5.97 Å². The molecule has 16 heavy (non-hydrogen) atoms. The molecule has 0 bridgehead atoms. The molecule has 1 aliphatic carbocycles. The van der Waals surface area contributed by atoms with Gasteiger partial charge in [0, 0.05) is 12.1 Å². The van der Waals surface area contributed by atoms with E-state index in [-0.39, 0.29) is 11.6 Å². The number of nitrogens with zero attached hydrogens (tertiary/aromatic N) is 1. The van der Waals surface area contributed by atoms with Crippen molar-refractivity contribution in [1.82, 2.24) is 4.98 Å². The van der Waals surface area contributed by atoms with Gasteiger partial charge in [-0.25, -0.2) is 4.79 Å². The topological polar surface area (TPSA) is 70.4 Å². The van der Waals surface area contributed by atoms with Gasteiger partial charge in [0.25, 0.3) is 0 Å². The number of rotatable bonds is 3. The molecule has 2 rings (SSSR count). The Morgan fingerprint density at radius 2 is 2.06 bits per heavy atom. The number of carboxylic acid groups (broad SMARTS) is 1. The molecule has 0 aliphatic heterocycles. The molecule has 0 amide bonds. The summed E-state index contributed by atoms with van der Waals surface area (Å²) in [6.45, 7) is 0. The van der Waals surface area contributed by atoms with Gasteiger partial charge in [-0.1, -0.05) is 18.9 Å². The summed E-state index contributed by atoms with van der Waals surface area (Å²) in [5.74, 6) is -1.42. The van der Waals surface area contributed by atoms with Crippen LogP contribution in [0.15, 0.2) is 24.4 Å². The maximum atomic E-state index is 11.3. The van der Waals surface area contributed by atoms with E-state index in [2.05, 4.69) is 4.98 Å². The first kappa shape index (κ1) is 11.1. The predicted molar refractivity (Wildman–Crippen MR) is 57.7 cm³/mol. The highest BCUT2D eigenvalue weighted by Crippen LogP contribution is 2.39. The van der Waals surface area contributed by atoms with Crippen LogP contribution in [-0.2, 0) is 10.4 Å². The van der Waals surface area contributed by atoms with Gasteiger partial charge in [-0.3, -0.25) is 4.98 Å². The maximum absolute atomic E-state index is 11.3. The molecule has 1 fully saturated rings. The van der Waals surface area contributed by atoms with Crippen LogP contribution in [0.25, 0.3) is 0 Å². The zero-order valence-corrected chi connectivity index (χ0v) is 8.97. The third-order valence-corrected chi connectivity index (χ3v) is 3.33. The minimum absolute atomic E-state index is 0.222. The van der Waals surface area contributed by atoms with Crippen LogP contribution in [0.2, 0.25) is 0 Å². The first-order chi connectivity index (χ1) is 7.65. The van der Waals surface area contributed by atoms with Gasteiger partial charge in [0.2, 0.25) is 5.60 Å². The van der Waals surface area contributed by atoms with Crippen molar-refractivity contribution in [2.45, 2.75) is 31.3 Å². The summed E-state index contributed by atoms with van der Waals surface area (Å²) in [6.07, 6.45) is 4.97. The predicted octanol–water partition coefficient (Wildman–Crippen LogP) is 1.54. The molecule has 86 valence electrons. The minimum Gasteiger partial charge on any atom is -0.479 e. The summed E-state index contributed by atoms with van der Waals surface area (Å²) in [6, 6.07) is 4.98. The quantitative estimate of drug-likeness (QED) is 0.812. The Hall–Kier alpha value is -1.42. The summed E-state index contributed by atoms with van der Waals surface area (Å²) in [4.78, 5) is 15.3. The third kappa shape index (κ3) is 1.69. The van der Waals surface area contributed by atoms with Crippen LogP contribution < -0.4 is 0 Å². The fraction of sp³-hybridized carbons (Fsp3) is 0.500. The molecular weight excluding hydrogens is 206 g/mol. The average molecular weight is 221 g/mol. The summed E-state index contributed by atoms with van der Waals surface area (Å²) >= 11 is 0. The summed E-state index contributed by atoms with van der Waals surface area (Å²) < 4.78 is 0. The molecule has 0 spiro atoms. The van der Waals surface area contributed by atoms with E-state index in [1.807, 2.05) is 0 Å². The standard InChI is InChI=1S/C12H15NO3/c14-11(15)12(16,9-5-1-2-6-9)10-7-3-4-8-13-10/h3-4,7-9,16H,1-2,5-6H2,(H,14,15). The first-order valence-corrected chi connectivity index (χ1v) is 5.53. The highest BCUT2D eigenvalue weighted by Gasteiger charge is 2.47. The first-order valence-electron chi connectivity index (χ1n) is 5.53.